The van der Waals surface area contributed by atoms with E-state index in [2.05, 4.69) is 25.6 Å². The predicted molar refractivity (Wildman–Crippen MR) is 96.7 cm³/mol. The maximum atomic E-state index is 12.0. The van der Waals surface area contributed by atoms with Crippen molar-refractivity contribution in [3.05, 3.63) is 36.7 Å². The van der Waals surface area contributed by atoms with Crippen molar-refractivity contribution in [3.63, 3.8) is 0 Å². The number of rotatable bonds is 6. The molecule has 9 heteroatoms. The van der Waals surface area contributed by atoms with Gasteiger partial charge in [0, 0.05) is 31.1 Å². The number of aromatic nitrogens is 5. The quantitative estimate of drug-likeness (QED) is 0.658. The summed E-state index contributed by atoms with van der Waals surface area (Å²) in [4.78, 5) is 16.1. The summed E-state index contributed by atoms with van der Waals surface area (Å²) in [7, 11) is 0. The second-order valence-corrected chi connectivity index (χ2v) is 6.93. The molecule has 0 saturated carbocycles. The average molecular weight is 370 g/mol. The van der Waals surface area contributed by atoms with Crippen LogP contribution in [0.15, 0.2) is 41.7 Å². The van der Waals surface area contributed by atoms with Crippen LogP contribution in [0.1, 0.15) is 12.8 Å². The summed E-state index contributed by atoms with van der Waals surface area (Å²) in [5.74, 6) is 0.900. The lowest BCUT2D eigenvalue weighted by atomic mass is 10.2. The van der Waals surface area contributed by atoms with Crippen molar-refractivity contribution in [3.8, 4) is 11.4 Å². The molecule has 8 nitrogen and oxygen atoms in total. The first-order chi connectivity index (χ1) is 12.8. The van der Waals surface area contributed by atoms with Crippen LogP contribution < -0.4 is 5.32 Å². The lowest BCUT2D eigenvalue weighted by molar-refractivity contribution is -0.119. The number of ether oxygens (including phenoxy) is 1. The molecule has 0 bridgehead atoms. The Balaban J connectivity index is 1.41. The molecule has 134 valence electrons. The van der Waals surface area contributed by atoms with Crippen molar-refractivity contribution in [1.82, 2.24) is 30.1 Å². The van der Waals surface area contributed by atoms with Crippen LogP contribution in [0.4, 0.5) is 0 Å². The van der Waals surface area contributed by atoms with E-state index in [1.54, 1.807) is 16.9 Å². The van der Waals surface area contributed by atoms with Gasteiger partial charge in [-0.25, -0.2) is 0 Å². The molecule has 1 amide bonds. The minimum Gasteiger partial charge on any atom is -0.376 e. The number of hydrogen-bond acceptors (Lipinski definition) is 7. The minimum atomic E-state index is -0.0244. The Kier molecular flexibility index (Phi) is 5.07. The topological polar surface area (TPSA) is 94.3 Å². The third-order valence-corrected chi connectivity index (χ3v) is 4.98. The SMILES string of the molecule is O=C(CSc1ccc2nnc(-c3cccnc3)n2n1)NC[C@H]1CCCO1. The Morgan fingerprint density at radius 3 is 3.12 bits per heavy atom. The lowest BCUT2D eigenvalue weighted by Crippen LogP contribution is -2.32. The van der Waals surface area contributed by atoms with Gasteiger partial charge in [-0.1, -0.05) is 11.8 Å². The third kappa shape index (κ3) is 3.83. The summed E-state index contributed by atoms with van der Waals surface area (Å²) < 4.78 is 7.17. The van der Waals surface area contributed by atoms with Gasteiger partial charge in [0.15, 0.2) is 11.5 Å². The monoisotopic (exact) mass is 370 g/mol. The highest BCUT2D eigenvalue weighted by Gasteiger charge is 2.16. The molecule has 0 aromatic carbocycles. The van der Waals surface area contributed by atoms with Crippen LogP contribution in [0, 0.1) is 0 Å². The van der Waals surface area contributed by atoms with Gasteiger partial charge in [0.2, 0.25) is 5.91 Å². The first kappa shape index (κ1) is 16.9. The van der Waals surface area contributed by atoms with E-state index in [4.69, 9.17) is 4.74 Å². The lowest BCUT2D eigenvalue weighted by Gasteiger charge is -2.10. The van der Waals surface area contributed by atoms with E-state index in [0.717, 1.165) is 30.0 Å². The van der Waals surface area contributed by atoms with E-state index < -0.39 is 0 Å². The van der Waals surface area contributed by atoms with Gasteiger partial charge in [0.05, 0.1) is 11.9 Å². The van der Waals surface area contributed by atoms with Gasteiger partial charge < -0.3 is 10.1 Å². The Hall–Kier alpha value is -2.52. The largest absolute Gasteiger partial charge is 0.376 e. The fraction of sp³-hybridized carbons (Fsp3) is 0.353. The molecule has 0 radical (unpaired) electrons. The van der Waals surface area contributed by atoms with Gasteiger partial charge in [-0.2, -0.15) is 9.61 Å². The van der Waals surface area contributed by atoms with Gasteiger partial charge in [0.1, 0.15) is 5.03 Å². The summed E-state index contributed by atoms with van der Waals surface area (Å²) in [6.07, 6.45) is 5.65. The number of nitrogens with zero attached hydrogens (tertiary/aromatic N) is 5. The molecule has 4 heterocycles. The maximum Gasteiger partial charge on any atom is 0.230 e. The van der Waals surface area contributed by atoms with Crippen molar-refractivity contribution >= 4 is 23.3 Å². The predicted octanol–water partition coefficient (Wildman–Crippen LogP) is 1.57. The van der Waals surface area contributed by atoms with Crippen LogP contribution in [0.5, 0.6) is 0 Å². The Morgan fingerprint density at radius 1 is 1.35 bits per heavy atom. The molecule has 1 aliphatic heterocycles. The number of carbonyl (C=O) groups excluding carboxylic acids is 1. The number of pyridine rings is 1. The minimum absolute atomic E-state index is 0.0244. The normalized spacial score (nSPS) is 16.8. The highest BCUT2D eigenvalue weighted by molar-refractivity contribution is 7.99. The summed E-state index contributed by atoms with van der Waals surface area (Å²) in [5.41, 5.74) is 1.49. The van der Waals surface area contributed by atoms with Crippen molar-refractivity contribution in [2.45, 2.75) is 24.0 Å². The maximum absolute atomic E-state index is 12.0. The number of fused-ring (bicyclic) bond motifs is 1. The standard InChI is InChI=1S/C17H18N6O2S/c24-15(19-10-13-4-2-8-25-13)11-26-16-6-5-14-20-21-17(23(14)22-16)12-3-1-7-18-9-12/h1,3,5-7,9,13H,2,4,8,10-11H2,(H,19,24)/t13-/m1/s1. The molecule has 0 unspecified atom stereocenters. The van der Waals surface area contributed by atoms with E-state index in [1.807, 2.05) is 24.3 Å². The zero-order valence-corrected chi connectivity index (χ0v) is 14.9. The van der Waals surface area contributed by atoms with Crippen LogP contribution >= 0.6 is 11.8 Å². The summed E-state index contributed by atoms with van der Waals surface area (Å²) in [5, 5.41) is 16.5. The summed E-state index contributed by atoms with van der Waals surface area (Å²) in [6.45, 7) is 1.36. The Bertz CT molecular complexity index is 895. The van der Waals surface area contributed by atoms with Gasteiger partial charge in [-0.15, -0.1) is 10.2 Å². The molecule has 0 aliphatic carbocycles. The molecule has 1 atom stereocenters. The number of amides is 1. The smallest absolute Gasteiger partial charge is 0.230 e. The highest BCUT2D eigenvalue weighted by atomic mass is 32.2. The third-order valence-electron chi connectivity index (χ3n) is 4.06. The Labute approximate surface area is 154 Å². The van der Waals surface area contributed by atoms with E-state index in [0.29, 0.717) is 23.8 Å². The second kappa shape index (κ2) is 7.79. The molecule has 26 heavy (non-hydrogen) atoms. The van der Waals surface area contributed by atoms with Crippen LogP contribution in [0.25, 0.3) is 17.0 Å². The second-order valence-electron chi connectivity index (χ2n) is 5.93. The van der Waals surface area contributed by atoms with Crippen molar-refractivity contribution in [2.24, 2.45) is 0 Å². The van der Waals surface area contributed by atoms with Crippen molar-refractivity contribution in [1.29, 1.82) is 0 Å². The first-order valence-electron chi connectivity index (χ1n) is 8.43. The highest BCUT2D eigenvalue weighted by Crippen LogP contribution is 2.20. The molecule has 1 N–H and O–H groups in total. The molecule has 3 aromatic rings. The van der Waals surface area contributed by atoms with E-state index in [-0.39, 0.29) is 12.0 Å². The van der Waals surface area contributed by atoms with E-state index in [9.17, 15) is 4.79 Å². The van der Waals surface area contributed by atoms with Gasteiger partial charge in [-0.3, -0.25) is 9.78 Å². The Morgan fingerprint density at radius 2 is 2.31 bits per heavy atom. The molecule has 3 aromatic heterocycles. The average Bonchev–Trinajstić information content (AvgIpc) is 3.34. The van der Waals surface area contributed by atoms with Gasteiger partial charge >= 0.3 is 0 Å². The van der Waals surface area contributed by atoms with Gasteiger partial charge in [-0.05, 0) is 37.1 Å². The molecule has 0 spiro atoms. The number of carbonyl (C=O) groups is 1. The van der Waals surface area contributed by atoms with Crippen LogP contribution in [0.2, 0.25) is 0 Å². The molecular formula is C17H18N6O2S. The zero-order valence-electron chi connectivity index (χ0n) is 14.0. The molecule has 1 saturated heterocycles. The van der Waals surface area contributed by atoms with Crippen LogP contribution in [0.3, 0.4) is 0 Å². The number of hydrogen-bond donors (Lipinski definition) is 1. The summed E-state index contributed by atoms with van der Waals surface area (Å²) >= 11 is 1.38. The van der Waals surface area contributed by atoms with Crippen LogP contribution in [-0.4, -0.2) is 55.7 Å². The van der Waals surface area contributed by atoms with E-state index in [1.165, 1.54) is 11.8 Å². The molecule has 4 rings (SSSR count). The number of nitrogens with one attached hydrogen (secondary N) is 1. The first-order valence-corrected chi connectivity index (χ1v) is 9.42. The van der Waals surface area contributed by atoms with Crippen molar-refractivity contribution < 1.29 is 9.53 Å². The zero-order chi connectivity index (χ0) is 17.8. The van der Waals surface area contributed by atoms with Crippen molar-refractivity contribution in [2.75, 3.05) is 18.9 Å². The van der Waals surface area contributed by atoms with Gasteiger partial charge in [0.25, 0.3) is 0 Å². The fourth-order valence-corrected chi connectivity index (χ4v) is 3.43. The fourth-order valence-electron chi connectivity index (χ4n) is 2.75. The van der Waals surface area contributed by atoms with E-state index >= 15 is 0 Å². The van der Waals surface area contributed by atoms with Crippen LogP contribution in [-0.2, 0) is 9.53 Å². The molecular weight excluding hydrogens is 352 g/mol. The molecule has 1 aliphatic rings. The molecule has 1 fully saturated rings. The number of thioether (sulfide) groups is 1. The summed E-state index contributed by atoms with van der Waals surface area (Å²) in [6, 6.07) is 7.43.